The zero-order valence-electron chi connectivity index (χ0n) is 14.2. The molecule has 0 aliphatic heterocycles. The normalized spacial score (nSPS) is 11.1. The minimum absolute atomic E-state index is 0.384. The van der Waals surface area contributed by atoms with E-state index in [2.05, 4.69) is 6.07 Å². The van der Waals surface area contributed by atoms with Crippen molar-refractivity contribution in [3.8, 4) is 0 Å². The molecule has 27 heavy (non-hydrogen) atoms. The van der Waals surface area contributed by atoms with E-state index < -0.39 is 11.8 Å². The highest BCUT2D eigenvalue weighted by atomic mass is 35.5. The molecule has 4 rings (SSSR count). The number of halogens is 1. The first-order valence-electron chi connectivity index (χ1n) is 8.27. The minimum Gasteiger partial charge on any atom is -0.366 e. The van der Waals surface area contributed by atoms with Crippen LogP contribution in [0.25, 0.3) is 21.8 Å². The van der Waals surface area contributed by atoms with Crippen LogP contribution in [0.1, 0.15) is 26.3 Å². The monoisotopic (exact) mass is 376 g/mol. The first kappa shape index (κ1) is 17.1. The van der Waals surface area contributed by atoms with Gasteiger partial charge in [0.15, 0.2) is 0 Å². The van der Waals surface area contributed by atoms with Crippen molar-refractivity contribution in [2.24, 2.45) is 11.5 Å². The standard InChI is InChI=1S/C21H15ClN3O2/c22-13-8-9-15-18(10-13)25(11-12-4-1-2-5-14(12)20(23)26)17-7-3-6-16(19(15)17)21(24)27/h1-8,10H,11H2,(H2,23,26)(H2,24,27). The van der Waals surface area contributed by atoms with Gasteiger partial charge in [-0.15, -0.1) is 0 Å². The van der Waals surface area contributed by atoms with Crippen LogP contribution in [0.3, 0.4) is 0 Å². The Kier molecular flexibility index (Phi) is 4.09. The van der Waals surface area contributed by atoms with E-state index in [1.54, 1.807) is 30.3 Å². The number of hydrogen-bond acceptors (Lipinski definition) is 2. The van der Waals surface area contributed by atoms with Crippen LogP contribution < -0.4 is 11.5 Å². The first-order valence-corrected chi connectivity index (χ1v) is 8.65. The number of benzene rings is 3. The molecule has 0 saturated carbocycles. The van der Waals surface area contributed by atoms with E-state index in [1.807, 2.05) is 28.8 Å². The quantitative estimate of drug-likeness (QED) is 0.570. The average molecular weight is 377 g/mol. The van der Waals surface area contributed by atoms with Gasteiger partial charge in [0.25, 0.3) is 0 Å². The highest BCUT2D eigenvalue weighted by Crippen LogP contribution is 2.33. The summed E-state index contributed by atoms with van der Waals surface area (Å²) in [5.74, 6) is -1.01. The van der Waals surface area contributed by atoms with Crippen molar-refractivity contribution in [2.75, 3.05) is 0 Å². The molecule has 1 aromatic heterocycles. The first-order chi connectivity index (χ1) is 13.0. The van der Waals surface area contributed by atoms with Gasteiger partial charge in [-0.3, -0.25) is 9.59 Å². The molecular formula is C21H15ClN3O2. The van der Waals surface area contributed by atoms with Gasteiger partial charge in [0.05, 0.1) is 11.0 Å². The molecule has 0 aliphatic carbocycles. The van der Waals surface area contributed by atoms with Crippen LogP contribution in [-0.2, 0) is 6.54 Å². The lowest BCUT2D eigenvalue weighted by atomic mass is 10.1. The molecule has 5 nitrogen and oxygen atoms in total. The highest BCUT2D eigenvalue weighted by molar-refractivity contribution is 6.31. The molecule has 6 heteroatoms. The second-order valence-corrected chi connectivity index (χ2v) is 6.69. The molecule has 0 bridgehead atoms. The van der Waals surface area contributed by atoms with E-state index in [0.717, 1.165) is 22.0 Å². The fraction of sp³-hybridized carbons (Fsp3) is 0.0476. The molecule has 0 unspecified atom stereocenters. The molecule has 0 fully saturated rings. The lowest BCUT2D eigenvalue weighted by Gasteiger charge is -2.11. The fourth-order valence-electron chi connectivity index (χ4n) is 3.47. The van der Waals surface area contributed by atoms with Crippen molar-refractivity contribution in [2.45, 2.75) is 6.54 Å². The Morgan fingerprint density at radius 3 is 2.41 bits per heavy atom. The number of carbonyl (C=O) groups excluding carboxylic acids is 2. The number of carbonyl (C=O) groups is 2. The number of amides is 2. The van der Waals surface area contributed by atoms with Gasteiger partial charge in [0.2, 0.25) is 11.8 Å². The summed E-state index contributed by atoms with van der Waals surface area (Å²) in [6.07, 6.45) is 0. The third-order valence-corrected chi connectivity index (χ3v) is 4.85. The summed E-state index contributed by atoms with van der Waals surface area (Å²) in [7, 11) is 0. The smallest absolute Gasteiger partial charge is 0.249 e. The van der Waals surface area contributed by atoms with E-state index in [0.29, 0.717) is 28.1 Å². The molecule has 4 N–H and O–H groups in total. The summed E-state index contributed by atoms with van der Waals surface area (Å²) < 4.78 is 1.99. The number of fused-ring (bicyclic) bond motifs is 3. The summed E-state index contributed by atoms with van der Waals surface area (Å²) >= 11 is 6.19. The van der Waals surface area contributed by atoms with Crippen LogP contribution >= 0.6 is 11.6 Å². The molecule has 4 aromatic rings. The summed E-state index contributed by atoms with van der Waals surface area (Å²) in [5, 5.41) is 1.99. The van der Waals surface area contributed by atoms with Crippen LogP contribution in [0.5, 0.6) is 0 Å². The predicted octanol–water partition coefficient (Wildman–Crippen LogP) is 3.49. The number of aromatic nitrogens is 1. The maximum absolute atomic E-state index is 11.9. The molecule has 2 amide bonds. The minimum atomic E-state index is -0.513. The second-order valence-electron chi connectivity index (χ2n) is 6.25. The molecule has 1 heterocycles. The van der Waals surface area contributed by atoms with Gasteiger partial charge in [-0.1, -0.05) is 35.9 Å². The largest absolute Gasteiger partial charge is 0.366 e. The van der Waals surface area contributed by atoms with Crippen molar-refractivity contribution >= 4 is 45.2 Å². The predicted molar refractivity (Wildman–Crippen MR) is 106 cm³/mol. The van der Waals surface area contributed by atoms with E-state index in [-0.39, 0.29) is 0 Å². The number of primary amides is 2. The van der Waals surface area contributed by atoms with Gasteiger partial charge in [-0.25, -0.2) is 0 Å². The maximum atomic E-state index is 11.9. The Labute approximate surface area is 160 Å². The van der Waals surface area contributed by atoms with E-state index >= 15 is 0 Å². The van der Waals surface area contributed by atoms with Crippen molar-refractivity contribution in [3.05, 3.63) is 82.4 Å². The van der Waals surface area contributed by atoms with Gasteiger partial charge in [0.1, 0.15) is 0 Å². The Morgan fingerprint density at radius 2 is 1.67 bits per heavy atom. The van der Waals surface area contributed by atoms with Crippen LogP contribution in [-0.4, -0.2) is 16.4 Å². The number of hydrogen-bond donors (Lipinski definition) is 2. The van der Waals surface area contributed by atoms with Gasteiger partial charge in [-0.2, -0.15) is 0 Å². The SMILES string of the molecule is NC(=O)c1ccccc1Cn1c2cc(Cl)c[c]c2c2c(C(N)=O)cccc21. The van der Waals surface area contributed by atoms with Gasteiger partial charge < -0.3 is 16.0 Å². The topological polar surface area (TPSA) is 91.1 Å². The second kappa shape index (κ2) is 6.45. The molecule has 0 aliphatic rings. The van der Waals surface area contributed by atoms with Crippen molar-refractivity contribution < 1.29 is 9.59 Å². The molecule has 1 radical (unpaired) electrons. The van der Waals surface area contributed by atoms with Gasteiger partial charge >= 0.3 is 0 Å². The lowest BCUT2D eigenvalue weighted by molar-refractivity contribution is 0.0992. The molecule has 0 saturated heterocycles. The van der Waals surface area contributed by atoms with E-state index in [4.69, 9.17) is 23.1 Å². The summed E-state index contributed by atoms with van der Waals surface area (Å²) in [4.78, 5) is 23.7. The number of nitrogens with zero attached hydrogens (tertiary/aromatic N) is 1. The Balaban J connectivity index is 2.05. The molecule has 133 valence electrons. The van der Waals surface area contributed by atoms with Crippen molar-refractivity contribution in [1.29, 1.82) is 0 Å². The van der Waals surface area contributed by atoms with Crippen LogP contribution in [0.4, 0.5) is 0 Å². The summed E-state index contributed by atoms with van der Waals surface area (Å²) in [5.41, 5.74) is 14.3. The zero-order chi connectivity index (χ0) is 19.1. The summed E-state index contributed by atoms with van der Waals surface area (Å²) in [6.45, 7) is 0.384. The third kappa shape index (κ3) is 2.82. The van der Waals surface area contributed by atoms with Crippen LogP contribution in [0, 0.1) is 6.07 Å². The maximum Gasteiger partial charge on any atom is 0.249 e. The van der Waals surface area contributed by atoms with Gasteiger partial charge in [0, 0.05) is 33.5 Å². The molecule has 0 atom stereocenters. The number of nitrogens with two attached hydrogens (primary N) is 2. The highest BCUT2D eigenvalue weighted by Gasteiger charge is 2.18. The fourth-order valence-corrected chi connectivity index (χ4v) is 3.63. The zero-order valence-corrected chi connectivity index (χ0v) is 15.0. The third-order valence-electron chi connectivity index (χ3n) is 4.64. The summed E-state index contributed by atoms with van der Waals surface area (Å²) in [6, 6.07) is 19.1. The Morgan fingerprint density at radius 1 is 0.963 bits per heavy atom. The van der Waals surface area contributed by atoms with Crippen LogP contribution in [0.2, 0.25) is 5.02 Å². The Bertz CT molecular complexity index is 1230. The average Bonchev–Trinajstić information content (AvgIpc) is 2.95. The van der Waals surface area contributed by atoms with E-state index in [9.17, 15) is 9.59 Å². The lowest BCUT2D eigenvalue weighted by Crippen LogP contribution is -2.15. The molecule has 3 aromatic carbocycles. The Hall–Kier alpha value is -3.31. The van der Waals surface area contributed by atoms with Crippen molar-refractivity contribution in [1.82, 2.24) is 4.57 Å². The molecular weight excluding hydrogens is 362 g/mol. The number of rotatable bonds is 4. The van der Waals surface area contributed by atoms with E-state index in [1.165, 1.54) is 0 Å². The van der Waals surface area contributed by atoms with Crippen LogP contribution in [0.15, 0.2) is 54.6 Å². The van der Waals surface area contributed by atoms with Gasteiger partial charge in [-0.05, 0) is 42.0 Å². The molecule has 0 spiro atoms. The van der Waals surface area contributed by atoms with Crippen molar-refractivity contribution in [3.63, 3.8) is 0 Å².